The van der Waals surface area contributed by atoms with Crippen LogP contribution in [-0.4, -0.2) is 55.9 Å². The third-order valence-electron chi connectivity index (χ3n) is 3.41. The van der Waals surface area contributed by atoms with E-state index in [2.05, 4.69) is 17.1 Å². The standard InChI is InChI=1S/C16H24N2O2S/c1-2-11-20-15-5-3-14(4-6-15)16(21)17-7-8-18-9-12-19-13-10-18/h3-6H,2,7-13H2,1H3,(H,17,21). The number of nitrogens with zero attached hydrogens (tertiary/aromatic N) is 1. The van der Waals surface area contributed by atoms with Gasteiger partial charge in [-0.05, 0) is 30.7 Å². The molecule has 0 radical (unpaired) electrons. The Kier molecular flexibility index (Phi) is 6.92. The van der Waals surface area contributed by atoms with Gasteiger partial charge >= 0.3 is 0 Å². The third kappa shape index (κ3) is 5.61. The lowest BCUT2D eigenvalue weighted by Gasteiger charge is -2.26. The first-order valence-corrected chi connectivity index (χ1v) is 8.01. The molecule has 1 aliphatic heterocycles. The molecule has 1 aromatic carbocycles. The van der Waals surface area contributed by atoms with Gasteiger partial charge in [-0.2, -0.15) is 0 Å². The smallest absolute Gasteiger partial charge is 0.119 e. The minimum Gasteiger partial charge on any atom is -0.494 e. The average molecular weight is 308 g/mol. The maximum Gasteiger partial charge on any atom is 0.119 e. The van der Waals surface area contributed by atoms with E-state index in [4.69, 9.17) is 21.7 Å². The molecule has 0 bridgehead atoms. The molecule has 0 amide bonds. The summed E-state index contributed by atoms with van der Waals surface area (Å²) in [7, 11) is 0. The second-order valence-corrected chi connectivity index (χ2v) is 5.49. The fourth-order valence-corrected chi connectivity index (χ4v) is 2.41. The maximum atomic E-state index is 5.57. The van der Waals surface area contributed by atoms with Gasteiger partial charge in [-0.25, -0.2) is 0 Å². The first-order valence-electron chi connectivity index (χ1n) is 7.60. The first-order chi connectivity index (χ1) is 10.3. The highest BCUT2D eigenvalue weighted by Crippen LogP contribution is 2.12. The Morgan fingerprint density at radius 3 is 2.67 bits per heavy atom. The van der Waals surface area contributed by atoms with Crippen molar-refractivity contribution in [2.75, 3.05) is 46.0 Å². The molecule has 0 spiro atoms. The number of nitrogens with one attached hydrogen (secondary N) is 1. The number of ether oxygens (including phenoxy) is 2. The lowest BCUT2D eigenvalue weighted by atomic mass is 10.2. The molecule has 0 unspecified atom stereocenters. The second kappa shape index (κ2) is 8.97. The molecule has 0 saturated carbocycles. The summed E-state index contributed by atoms with van der Waals surface area (Å²) in [5.74, 6) is 0.900. The summed E-state index contributed by atoms with van der Waals surface area (Å²) in [5, 5.41) is 3.32. The van der Waals surface area contributed by atoms with Gasteiger partial charge in [-0.1, -0.05) is 19.1 Å². The zero-order chi connectivity index (χ0) is 14.9. The zero-order valence-electron chi connectivity index (χ0n) is 12.6. The number of hydrogen-bond acceptors (Lipinski definition) is 4. The number of benzene rings is 1. The van der Waals surface area contributed by atoms with Crippen LogP contribution in [0.25, 0.3) is 0 Å². The van der Waals surface area contributed by atoms with Gasteiger partial charge in [0, 0.05) is 31.7 Å². The molecular weight excluding hydrogens is 284 g/mol. The van der Waals surface area contributed by atoms with E-state index in [1.165, 1.54) is 0 Å². The Bertz CT molecular complexity index is 430. The van der Waals surface area contributed by atoms with Crippen LogP contribution in [0.15, 0.2) is 24.3 Å². The molecule has 1 fully saturated rings. The van der Waals surface area contributed by atoms with E-state index in [-0.39, 0.29) is 0 Å². The van der Waals surface area contributed by atoms with Gasteiger partial charge in [0.2, 0.25) is 0 Å². The lowest BCUT2D eigenvalue weighted by molar-refractivity contribution is 0.0389. The maximum absolute atomic E-state index is 5.57. The highest BCUT2D eigenvalue weighted by Gasteiger charge is 2.09. The fraction of sp³-hybridized carbons (Fsp3) is 0.562. The summed E-state index contributed by atoms with van der Waals surface area (Å²) in [5.41, 5.74) is 1.04. The molecule has 0 aliphatic carbocycles. The number of rotatable bonds is 7. The highest BCUT2D eigenvalue weighted by molar-refractivity contribution is 7.80. The molecule has 1 heterocycles. The van der Waals surface area contributed by atoms with Gasteiger partial charge in [0.15, 0.2) is 0 Å². The van der Waals surface area contributed by atoms with Gasteiger partial charge in [0.05, 0.1) is 19.8 Å². The van der Waals surface area contributed by atoms with Crippen LogP contribution in [0.5, 0.6) is 5.75 Å². The van der Waals surface area contributed by atoms with Crippen LogP contribution in [0.4, 0.5) is 0 Å². The van der Waals surface area contributed by atoms with E-state index >= 15 is 0 Å². The molecule has 116 valence electrons. The average Bonchev–Trinajstić information content (AvgIpc) is 2.54. The molecular formula is C16H24N2O2S. The van der Waals surface area contributed by atoms with Gasteiger partial charge in [-0.3, -0.25) is 4.90 Å². The molecule has 5 heteroatoms. The third-order valence-corrected chi connectivity index (χ3v) is 3.79. The Hall–Kier alpha value is -1.17. The molecule has 0 atom stereocenters. The first kappa shape index (κ1) is 16.2. The van der Waals surface area contributed by atoms with Crippen LogP contribution in [-0.2, 0) is 4.74 Å². The quantitative estimate of drug-likeness (QED) is 0.780. The molecule has 21 heavy (non-hydrogen) atoms. The van der Waals surface area contributed by atoms with Crippen molar-refractivity contribution >= 4 is 17.2 Å². The minimum atomic E-state index is 0.752. The van der Waals surface area contributed by atoms with Crippen molar-refractivity contribution < 1.29 is 9.47 Å². The molecule has 1 N–H and O–H groups in total. The minimum absolute atomic E-state index is 0.752. The Morgan fingerprint density at radius 1 is 1.29 bits per heavy atom. The molecule has 1 saturated heterocycles. The van der Waals surface area contributed by atoms with Crippen molar-refractivity contribution in [2.45, 2.75) is 13.3 Å². The topological polar surface area (TPSA) is 33.7 Å². The van der Waals surface area contributed by atoms with Gasteiger partial charge in [0.1, 0.15) is 10.7 Å². The molecule has 1 aliphatic rings. The number of hydrogen-bond donors (Lipinski definition) is 1. The molecule has 2 rings (SSSR count). The fourth-order valence-electron chi connectivity index (χ4n) is 2.18. The second-order valence-electron chi connectivity index (χ2n) is 5.08. The largest absolute Gasteiger partial charge is 0.494 e. The van der Waals surface area contributed by atoms with Crippen molar-refractivity contribution in [3.8, 4) is 5.75 Å². The van der Waals surface area contributed by atoms with E-state index in [1.54, 1.807) is 0 Å². The summed E-state index contributed by atoms with van der Waals surface area (Å²) >= 11 is 5.42. The van der Waals surface area contributed by atoms with Crippen molar-refractivity contribution in [2.24, 2.45) is 0 Å². The normalized spacial score (nSPS) is 15.7. The highest BCUT2D eigenvalue weighted by atomic mass is 32.1. The Labute approximate surface area is 132 Å². The van der Waals surface area contributed by atoms with Crippen molar-refractivity contribution in [3.63, 3.8) is 0 Å². The Balaban J connectivity index is 1.72. The van der Waals surface area contributed by atoms with Crippen LogP contribution in [0.3, 0.4) is 0 Å². The monoisotopic (exact) mass is 308 g/mol. The van der Waals surface area contributed by atoms with E-state index in [0.717, 1.165) is 68.7 Å². The number of morpholine rings is 1. The van der Waals surface area contributed by atoms with E-state index in [9.17, 15) is 0 Å². The van der Waals surface area contributed by atoms with Gasteiger partial charge < -0.3 is 14.8 Å². The lowest BCUT2D eigenvalue weighted by Crippen LogP contribution is -2.41. The van der Waals surface area contributed by atoms with Crippen LogP contribution < -0.4 is 10.1 Å². The number of thiocarbonyl (C=S) groups is 1. The van der Waals surface area contributed by atoms with Crippen LogP contribution >= 0.6 is 12.2 Å². The van der Waals surface area contributed by atoms with Crippen LogP contribution in [0.2, 0.25) is 0 Å². The van der Waals surface area contributed by atoms with E-state index < -0.39 is 0 Å². The Morgan fingerprint density at radius 2 is 2.00 bits per heavy atom. The zero-order valence-corrected chi connectivity index (χ0v) is 13.5. The molecule has 4 nitrogen and oxygen atoms in total. The van der Waals surface area contributed by atoms with Crippen molar-refractivity contribution in [3.05, 3.63) is 29.8 Å². The molecule has 0 aromatic heterocycles. The predicted octanol–water partition coefficient (Wildman–Crippen LogP) is 2.07. The summed E-state index contributed by atoms with van der Waals surface area (Å²) < 4.78 is 10.9. The van der Waals surface area contributed by atoms with E-state index in [1.807, 2.05) is 24.3 Å². The summed E-state index contributed by atoms with van der Waals surface area (Å²) in [6.45, 7) is 8.42. The van der Waals surface area contributed by atoms with Crippen molar-refractivity contribution in [1.29, 1.82) is 0 Å². The van der Waals surface area contributed by atoms with Crippen LogP contribution in [0.1, 0.15) is 18.9 Å². The molecule has 1 aromatic rings. The predicted molar refractivity (Wildman–Crippen MR) is 89.2 cm³/mol. The van der Waals surface area contributed by atoms with Crippen LogP contribution in [0, 0.1) is 0 Å². The van der Waals surface area contributed by atoms with Crippen molar-refractivity contribution in [1.82, 2.24) is 10.2 Å². The van der Waals surface area contributed by atoms with E-state index in [0.29, 0.717) is 0 Å². The van der Waals surface area contributed by atoms with Gasteiger partial charge in [0.25, 0.3) is 0 Å². The summed E-state index contributed by atoms with van der Waals surface area (Å²) in [4.78, 5) is 3.19. The summed E-state index contributed by atoms with van der Waals surface area (Å²) in [6.07, 6.45) is 1.02. The SMILES string of the molecule is CCCOc1ccc(C(=S)NCCN2CCOCC2)cc1. The summed E-state index contributed by atoms with van der Waals surface area (Å²) in [6, 6.07) is 7.96. The van der Waals surface area contributed by atoms with Gasteiger partial charge in [-0.15, -0.1) is 0 Å².